The Kier molecular flexibility index (Phi) is 3.33. The molecule has 1 aromatic heterocycles. The number of hydrogen-bond acceptors (Lipinski definition) is 2. The Morgan fingerprint density at radius 2 is 2.37 bits per heavy atom. The van der Waals surface area contributed by atoms with Gasteiger partial charge in [0, 0.05) is 28.7 Å². The maximum Gasteiger partial charge on any atom is 0.161 e. The minimum absolute atomic E-state index is 0.107. The van der Waals surface area contributed by atoms with Crippen LogP contribution in [0.3, 0.4) is 0 Å². The number of aromatic nitrogens is 1. The van der Waals surface area contributed by atoms with Gasteiger partial charge in [-0.2, -0.15) is 0 Å². The van der Waals surface area contributed by atoms with E-state index in [4.69, 9.17) is 11.6 Å². The lowest BCUT2D eigenvalue weighted by Crippen LogP contribution is -2.14. The molecule has 0 saturated carbocycles. The lowest BCUT2D eigenvalue weighted by Gasteiger charge is -2.11. The average Bonchev–Trinajstić information content (AvgIpc) is 2.98. The summed E-state index contributed by atoms with van der Waals surface area (Å²) in [5.74, 6) is 0.741. The van der Waals surface area contributed by atoms with E-state index in [0.717, 1.165) is 36.1 Å². The molecule has 3 rings (SSSR count). The van der Waals surface area contributed by atoms with Crippen molar-refractivity contribution in [1.29, 1.82) is 0 Å². The van der Waals surface area contributed by atoms with Gasteiger partial charge in [-0.25, -0.2) is 0 Å². The van der Waals surface area contributed by atoms with Crippen LogP contribution in [0.5, 0.6) is 0 Å². The zero-order valence-electron chi connectivity index (χ0n) is 10.9. The van der Waals surface area contributed by atoms with Crippen LogP contribution in [0, 0.1) is 5.92 Å². The molecule has 19 heavy (non-hydrogen) atoms. The van der Waals surface area contributed by atoms with Crippen molar-refractivity contribution in [1.82, 2.24) is 9.88 Å². The van der Waals surface area contributed by atoms with Crippen LogP contribution in [0.1, 0.15) is 23.7 Å². The fourth-order valence-electron chi connectivity index (χ4n) is 2.85. The molecule has 1 N–H and O–H groups in total. The standard InChI is InChI=1S/C15H17ClN2O/c1-10(19)14-9-18(8-11-4-5-17-7-11)15-6-12(16)2-3-13(14)15/h2-3,6,9,11,17H,4-5,7-8H2,1H3. The van der Waals surface area contributed by atoms with Crippen LogP contribution < -0.4 is 5.32 Å². The third kappa shape index (κ3) is 2.40. The Morgan fingerprint density at radius 1 is 1.53 bits per heavy atom. The van der Waals surface area contributed by atoms with Crippen LogP contribution in [0.2, 0.25) is 5.02 Å². The van der Waals surface area contributed by atoms with Crippen molar-refractivity contribution in [3.8, 4) is 0 Å². The van der Waals surface area contributed by atoms with Crippen LogP contribution in [-0.2, 0) is 6.54 Å². The van der Waals surface area contributed by atoms with Crippen molar-refractivity contribution in [2.75, 3.05) is 13.1 Å². The van der Waals surface area contributed by atoms with Crippen LogP contribution in [-0.4, -0.2) is 23.4 Å². The molecule has 2 aromatic rings. The Morgan fingerprint density at radius 3 is 3.05 bits per heavy atom. The molecule has 1 aromatic carbocycles. The van der Waals surface area contributed by atoms with Gasteiger partial charge in [-0.1, -0.05) is 17.7 Å². The van der Waals surface area contributed by atoms with Crippen molar-refractivity contribution in [2.45, 2.75) is 19.9 Å². The molecule has 0 radical (unpaired) electrons. The minimum atomic E-state index is 0.107. The second-order valence-corrected chi connectivity index (χ2v) is 5.71. The number of hydrogen-bond donors (Lipinski definition) is 1. The highest BCUT2D eigenvalue weighted by Gasteiger charge is 2.18. The summed E-state index contributed by atoms with van der Waals surface area (Å²) in [6, 6.07) is 5.74. The van der Waals surface area contributed by atoms with Gasteiger partial charge < -0.3 is 9.88 Å². The first-order chi connectivity index (χ1) is 9.15. The summed E-state index contributed by atoms with van der Waals surface area (Å²) in [5.41, 5.74) is 1.85. The van der Waals surface area contributed by atoms with Gasteiger partial charge in [0.1, 0.15) is 0 Å². The second-order valence-electron chi connectivity index (χ2n) is 5.27. The second kappa shape index (κ2) is 4.99. The summed E-state index contributed by atoms with van der Waals surface area (Å²) >= 11 is 6.09. The van der Waals surface area contributed by atoms with Gasteiger partial charge in [-0.3, -0.25) is 4.79 Å². The summed E-state index contributed by atoms with van der Waals surface area (Å²) < 4.78 is 2.18. The van der Waals surface area contributed by atoms with E-state index < -0.39 is 0 Å². The number of carbonyl (C=O) groups is 1. The zero-order valence-corrected chi connectivity index (χ0v) is 11.7. The van der Waals surface area contributed by atoms with E-state index in [1.54, 1.807) is 6.92 Å². The number of ketones is 1. The fraction of sp³-hybridized carbons (Fsp3) is 0.400. The monoisotopic (exact) mass is 276 g/mol. The lowest BCUT2D eigenvalue weighted by molar-refractivity contribution is 0.101. The molecule has 0 amide bonds. The summed E-state index contributed by atoms with van der Waals surface area (Å²) in [5, 5.41) is 5.09. The third-order valence-corrected chi connectivity index (χ3v) is 4.08. The Bertz CT molecular complexity index is 626. The average molecular weight is 277 g/mol. The lowest BCUT2D eigenvalue weighted by atomic mass is 10.1. The minimum Gasteiger partial charge on any atom is -0.346 e. The Balaban J connectivity index is 2.06. The number of nitrogens with zero attached hydrogens (tertiary/aromatic N) is 1. The molecule has 1 aliphatic rings. The SMILES string of the molecule is CC(=O)c1cn(CC2CCNC2)c2cc(Cl)ccc12. The molecule has 0 spiro atoms. The van der Waals surface area contributed by atoms with Gasteiger partial charge in [0.2, 0.25) is 0 Å². The highest BCUT2D eigenvalue weighted by Crippen LogP contribution is 2.26. The summed E-state index contributed by atoms with van der Waals surface area (Å²) in [6.07, 6.45) is 3.16. The summed E-state index contributed by atoms with van der Waals surface area (Å²) in [7, 11) is 0. The molecule has 100 valence electrons. The molecule has 1 unspecified atom stereocenters. The molecule has 2 heterocycles. The number of Topliss-reactive ketones (excluding diaryl/α,β-unsaturated/α-hetero) is 1. The maximum absolute atomic E-state index is 11.7. The number of fused-ring (bicyclic) bond motifs is 1. The fourth-order valence-corrected chi connectivity index (χ4v) is 3.01. The first-order valence-corrected chi connectivity index (χ1v) is 7.03. The normalized spacial score (nSPS) is 19.2. The molecule has 1 atom stereocenters. The van der Waals surface area contributed by atoms with Gasteiger partial charge in [0.05, 0.1) is 5.52 Å². The molecular formula is C15H17ClN2O. The third-order valence-electron chi connectivity index (χ3n) is 3.84. The first kappa shape index (κ1) is 12.7. The molecule has 1 aliphatic heterocycles. The van der Waals surface area contributed by atoms with Crippen LogP contribution in [0.4, 0.5) is 0 Å². The van der Waals surface area contributed by atoms with Crippen molar-refractivity contribution >= 4 is 28.3 Å². The number of rotatable bonds is 3. The van der Waals surface area contributed by atoms with E-state index >= 15 is 0 Å². The van der Waals surface area contributed by atoms with Crippen LogP contribution in [0.25, 0.3) is 10.9 Å². The van der Waals surface area contributed by atoms with E-state index in [1.807, 2.05) is 24.4 Å². The van der Waals surface area contributed by atoms with E-state index in [1.165, 1.54) is 6.42 Å². The predicted octanol–water partition coefficient (Wildman–Crippen LogP) is 3.11. The van der Waals surface area contributed by atoms with Gasteiger partial charge in [0.25, 0.3) is 0 Å². The van der Waals surface area contributed by atoms with Crippen molar-refractivity contribution in [3.63, 3.8) is 0 Å². The predicted molar refractivity (Wildman–Crippen MR) is 77.9 cm³/mol. The number of halogens is 1. The smallest absolute Gasteiger partial charge is 0.161 e. The van der Waals surface area contributed by atoms with E-state index in [-0.39, 0.29) is 5.78 Å². The van der Waals surface area contributed by atoms with Crippen LogP contribution in [0.15, 0.2) is 24.4 Å². The summed E-state index contributed by atoms with van der Waals surface area (Å²) in [6.45, 7) is 4.70. The number of carbonyl (C=O) groups excluding carboxylic acids is 1. The maximum atomic E-state index is 11.7. The molecule has 3 nitrogen and oxygen atoms in total. The molecular weight excluding hydrogens is 260 g/mol. The number of benzene rings is 1. The first-order valence-electron chi connectivity index (χ1n) is 6.65. The van der Waals surface area contributed by atoms with Gasteiger partial charge >= 0.3 is 0 Å². The van der Waals surface area contributed by atoms with Crippen molar-refractivity contribution in [3.05, 3.63) is 35.0 Å². The van der Waals surface area contributed by atoms with Gasteiger partial charge in [-0.05, 0) is 44.5 Å². The van der Waals surface area contributed by atoms with Crippen molar-refractivity contribution in [2.24, 2.45) is 5.92 Å². The topological polar surface area (TPSA) is 34.0 Å². The van der Waals surface area contributed by atoms with Crippen molar-refractivity contribution < 1.29 is 4.79 Å². The van der Waals surface area contributed by atoms with Gasteiger partial charge in [0.15, 0.2) is 5.78 Å². The highest BCUT2D eigenvalue weighted by atomic mass is 35.5. The molecule has 1 fully saturated rings. The highest BCUT2D eigenvalue weighted by molar-refractivity contribution is 6.31. The molecule has 0 bridgehead atoms. The number of nitrogens with one attached hydrogen (secondary N) is 1. The quantitative estimate of drug-likeness (QED) is 0.874. The van der Waals surface area contributed by atoms with E-state index in [0.29, 0.717) is 10.9 Å². The van der Waals surface area contributed by atoms with Crippen LogP contribution >= 0.6 is 11.6 Å². The Labute approximate surface area is 117 Å². The molecule has 0 aliphatic carbocycles. The Hall–Kier alpha value is -1.32. The van der Waals surface area contributed by atoms with E-state index in [9.17, 15) is 4.79 Å². The molecule has 1 saturated heterocycles. The zero-order chi connectivity index (χ0) is 13.4. The summed E-state index contributed by atoms with van der Waals surface area (Å²) in [4.78, 5) is 11.7. The van der Waals surface area contributed by atoms with E-state index in [2.05, 4.69) is 9.88 Å². The van der Waals surface area contributed by atoms with Gasteiger partial charge in [-0.15, -0.1) is 0 Å². The molecule has 4 heteroatoms. The largest absolute Gasteiger partial charge is 0.346 e.